The molecule has 1 aromatic heterocycles. The number of amides is 2. The summed E-state index contributed by atoms with van der Waals surface area (Å²) >= 11 is 0. The Balaban J connectivity index is 1.62. The lowest BCUT2D eigenvalue weighted by atomic mass is 10.2. The summed E-state index contributed by atoms with van der Waals surface area (Å²) in [6.07, 6.45) is 0.545. The van der Waals surface area contributed by atoms with E-state index in [1.54, 1.807) is 14.0 Å². The van der Waals surface area contributed by atoms with Crippen LogP contribution in [0.2, 0.25) is 0 Å². The first-order valence-corrected chi connectivity index (χ1v) is 8.85. The molecule has 1 N–H and O–H groups in total. The van der Waals surface area contributed by atoms with Crippen molar-refractivity contribution in [3.63, 3.8) is 0 Å². The number of hydrogen-bond donors (Lipinski definition) is 1. The van der Waals surface area contributed by atoms with Crippen molar-refractivity contribution >= 4 is 23.0 Å². The van der Waals surface area contributed by atoms with Crippen LogP contribution in [0.25, 0.3) is 11.0 Å². The predicted molar refractivity (Wildman–Crippen MR) is 97.0 cm³/mol. The Labute approximate surface area is 151 Å². The van der Waals surface area contributed by atoms with Crippen molar-refractivity contribution < 1.29 is 14.3 Å². The van der Waals surface area contributed by atoms with E-state index in [0.29, 0.717) is 32.6 Å². The number of nitrogens with one attached hydrogen (secondary N) is 1. The van der Waals surface area contributed by atoms with Gasteiger partial charge in [-0.15, -0.1) is 0 Å². The van der Waals surface area contributed by atoms with Crippen LogP contribution in [0.3, 0.4) is 0 Å². The van der Waals surface area contributed by atoms with Crippen LogP contribution in [0.1, 0.15) is 19.8 Å². The number of fused-ring (bicyclic) bond motifs is 1. The van der Waals surface area contributed by atoms with Gasteiger partial charge in [-0.1, -0.05) is 12.1 Å². The van der Waals surface area contributed by atoms with Gasteiger partial charge in [0.1, 0.15) is 0 Å². The van der Waals surface area contributed by atoms with Gasteiger partial charge in [-0.05, 0) is 25.5 Å². The molecule has 1 aliphatic heterocycles. The zero-order chi connectivity index (χ0) is 18.7. The van der Waals surface area contributed by atoms with Gasteiger partial charge < -0.3 is 15.0 Å². The maximum atomic E-state index is 12.6. The van der Waals surface area contributed by atoms with Crippen LogP contribution in [-0.2, 0) is 22.6 Å². The molecule has 3 rings (SSSR count). The van der Waals surface area contributed by atoms with Gasteiger partial charge in [0.2, 0.25) is 5.91 Å². The topological polar surface area (TPSA) is 85.6 Å². The van der Waals surface area contributed by atoms with E-state index in [0.717, 1.165) is 11.0 Å². The van der Waals surface area contributed by atoms with E-state index >= 15 is 0 Å². The Morgan fingerprint density at radius 3 is 2.58 bits per heavy atom. The van der Waals surface area contributed by atoms with Crippen molar-refractivity contribution in [1.29, 1.82) is 0 Å². The van der Waals surface area contributed by atoms with Crippen LogP contribution in [0, 0.1) is 0 Å². The average Bonchev–Trinajstić information content (AvgIpc) is 3.21. The minimum absolute atomic E-state index is 0.0738. The Morgan fingerprint density at radius 2 is 1.92 bits per heavy atom. The number of carbonyl (C=O) groups excluding carboxylic acids is 2. The van der Waals surface area contributed by atoms with Gasteiger partial charge in [0.15, 0.2) is 0 Å². The maximum Gasteiger partial charge on any atom is 0.409 e. The molecule has 2 aromatic rings. The van der Waals surface area contributed by atoms with Crippen molar-refractivity contribution in [2.24, 2.45) is 0 Å². The molecule has 0 spiro atoms. The van der Waals surface area contributed by atoms with Crippen LogP contribution < -0.4 is 11.0 Å². The number of benzene rings is 1. The molecule has 1 fully saturated rings. The molecule has 1 aliphatic rings. The summed E-state index contributed by atoms with van der Waals surface area (Å²) in [4.78, 5) is 37.9. The van der Waals surface area contributed by atoms with Crippen molar-refractivity contribution in [2.75, 3.05) is 20.2 Å². The zero-order valence-electron chi connectivity index (χ0n) is 15.1. The summed E-state index contributed by atoms with van der Waals surface area (Å²) in [6, 6.07) is 7.52. The minimum atomic E-state index is -0.374. The molecule has 26 heavy (non-hydrogen) atoms. The fourth-order valence-corrected chi connectivity index (χ4v) is 3.48. The quantitative estimate of drug-likeness (QED) is 0.867. The summed E-state index contributed by atoms with van der Waals surface area (Å²) in [5, 5.41) is 2.94. The van der Waals surface area contributed by atoms with E-state index in [2.05, 4.69) is 5.32 Å². The van der Waals surface area contributed by atoms with Crippen LogP contribution in [0.15, 0.2) is 29.1 Å². The fourth-order valence-electron chi connectivity index (χ4n) is 3.48. The molecular weight excluding hydrogens is 336 g/mol. The number of imidazole rings is 1. The van der Waals surface area contributed by atoms with E-state index in [1.807, 2.05) is 31.2 Å². The lowest BCUT2D eigenvalue weighted by molar-refractivity contribution is -0.121. The Kier molecular flexibility index (Phi) is 5.29. The molecule has 8 heteroatoms. The summed E-state index contributed by atoms with van der Waals surface area (Å²) in [5.41, 5.74) is 1.62. The molecule has 0 radical (unpaired) electrons. The van der Waals surface area contributed by atoms with Gasteiger partial charge in [-0.25, -0.2) is 9.59 Å². The number of aryl methyl sites for hydroxylation is 2. The number of carbonyl (C=O) groups is 2. The van der Waals surface area contributed by atoms with E-state index in [9.17, 15) is 14.4 Å². The highest BCUT2D eigenvalue weighted by Crippen LogP contribution is 2.14. The first kappa shape index (κ1) is 18.0. The summed E-state index contributed by atoms with van der Waals surface area (Å²) in [5.74, 6) is -0.123. The largest absolute Gasteiger partial charge is 0.453 e. The second kappa shape index (κ2) is 7.63. The van der Waals surface area contributed by atoms with Gasteiger partial charge in [-0.3, -0.25) is 13.9 Å². The van der Waals surface area contributed by atoms with Gasteiger partial charge in [0.25, 0.3) is 0 Å². The first-order valence-electron chi connectivity index (χ1n) is 8.85. The summed E-state index contributed by atoms with van der Waals surface area (Å²) < 4.78 is 8.05. The number of hydrogen-bond acceptors (Lipinski definition) is 4. The number of ether oxygens (including phenoxy) is 1. The molecule has 2 heterocycles. The normalized spacial score (nSPS) is 16.8. The monoisotopic (exact) mass is 360 g/mol. The van der Waals surface area contributed by atoms with Crippen LogP contribution in [0.5, 0.6) is 0 Å². The number of aromatic nitrogens is 2. The highest BCUT2D eigenvalue weighted by molar-refractivity contribution is 5.78. The van der Waals surface area contributed by atoms with E-state index in [1.165, 1.54) is 7.11 Å². The molecule has 0 aliphatic carbocycles. The third-order valence-corrected chi connectivity index (χ3v) is 4.79. The molecule has 2 amide bonds. The van der Waals surface area contributed by atoms with Crippen molar-refractivity contribution in [1.82, 2.24) is 19.4 Å². The minimum Gasteiger partial charge on any atom is -0.453 e. The highest BCUT2D eigenvalue weighted by Gasteiger charge is 2.27. The number of methoxy groups -OCH3 is 1. The molecule has 1 saturated heterocycles. The predicted octanol–water partition coefficient (Wildman–Crippen LogP) is 1.17. The third-order valence-electron chi connectivity index (χ3n) is 4.79. The van der Waals surface area contributed by atoms with Crippen molar-refractivity contribution in [2.45, 2.75) is 38.9 Å². The Morgan fingerprint density at radius 1 is 1.23 bits per heavy atom. The van der Waals surface area contributed by atoms with Crippen LogP contribution in [0.4, 0.5) is 4.79 Å². The SMILES string of the molecule is CCn1c(=O)n(CCC(=O)N[C@@H]2CCN(C(=O)OC)C2)c2ccccc21. The first-order chi connectivity index (χ1) is 12.5. The molecular formula is C18H24N4O4. The third kappa shape index (κ3) is 3.44. The van der Waals surface area contributed by atoms with Gasteiger partial charge in [-0.2, -0.15) is 0 Å². The summed E-state index contributed by atoms with van der Waals surface area (Å²) in [7, 11) is 1.35. The van der Waals surface area contributed by atoms with E-state index in [-0.39, 0.29) is 30.2 Å². The van der Waals surface area contributed by atoms with E-state index in [4.69, 9.17) is 4.74 Å². The smallest absolute Gasteiger partial charge is 0.409 e. The molecule has 140 valence electrons. The highest BCUT2D eigenvalue weighted by atomic mass is 16.5. The number of nitrogens with zero attached hydrogens (tertiary/aromatic N) is 3. The fraction of sp³-hybridized carbons (Fsp3) is 0.500. The molecule has 0 bridgehead atoms. The standard InChI is InChI=1S/C18H24N4O4/c1-3-21-14-6-4-5-7-15(14)22(17(21)24)11-9-16(23)19-13-8-10-20(12-13)18(25)26-2/h4-7,13H,3,8-12H2,1-2H3,(H,19,23)/t13-/m1/s1. The molecule has 0 unspecified atom stereocenters. The zero-order valence-corrected chi connectivity index (χ0v) is 15.1. The van der Waals surface area contributed by atoms with Crippen molar-refractivity contribution in [3.8, 4) is 0 Å². The van der Waals surface area contributed by atoms with E-state index < -0.39 is 0 Å². The lowest BCUT2D eigenvalue weighted by Crippen LogP contribution is -2.39. The second-order valence-electron chi connectivity index (χ2n) is 6.39. The lowest BCUT2D eigenvalue weighted by Gasteiger charge is -2.15. The second-order valence-corrected chi connectivity index (χ2v) is 6.39. The molecule has 1 atom stereocenters. The molecule has 8 nitrogen and oxygen atoms in total. The molecule has 1 aromatic carbocycles. The Hall–Kier alpha value is -2.77. The van der Waals surface area contributed by atoms with Crippen LogP contribution >= 0.6 is 0 Å². The van der Waals surface area contributed by atoms with Gasteiger partial charge in [0, 0.05) is 38.6 Å². The molecule has 0 saturated carbocycles. The Bertz CT molecular complexity index is 870. The number of para-hydroxylation sites is 2. The van der Waals surface area contributed by atoms with Crippen LogP contribution in [-0.4, -0.2) is 52.3 Å². The maximum absolute atomic E-state index is 12.6. The summed E-state index contributed by atoms with van der Waals surface area (Å²) in [6.45, 7) is 3.86. The van der Waals surface area contributed by atoms with Crippen molar-refractivity contribution in [3.05, 3.63) is 34.7 Å². The number of likely N-dealkylation sites (tertiary alicyclic amines) is 1. The average molecular weight is 360 g/mol. The van der Waals surface area contributed by atoms with Gasteiger partial charge >= 0.3 is 11.8 Å². The number of rotatable bonds is 5. The van der Waals surface area contributed by atoms with Gasteiger partial charge in [0.05, 0.1) is 18.1 Å².